The van der Waals surface area contributed by atoms with E-state index < -0.39 is 0 Å². The Morgan fingerprint density at radius 3 is 2.65 bits per heavy atom. The molecule has 2 aromatic carbocycles. The highest BCUT2D eigenvalue weighted by atomic mass is 35.5. The summed E-state index contributed by atoms with van der Waals surface area (Å²) >= 11 is 7.51. The van der Waals surface area contributed by atoms with Crippen LogP contribution >= 0.6 is 22.9 Å². The molecule has 0 saturated heterocycles. The summed E-state index contributed by atoms with van der Waals surface area (Å²) in [6.45, 7) is 2.05. The first kappa shape index (κ1) is 14.2. The third kappa shape index (κ3) is 2.48. The van der Waals surface area contributed by atoms with Crippen molar-refractivity contribution < 1.29 is 0 Å². The molecule has 0 atom stereocenters. The fourth-order valence-corrected chi connectivity index (χ4v) is 3.62. The molecule has 4 aromatic rings. The third-order valence-electron chi connectivity index (χ3n) is 3.67. The van der Waals surface area contributed by atoms with Crippen LogP contribution in [0.3, 0.4) is 0 Å². The van der Waals surface area contributed by atoms with Crippen molar-refractivity contribution in [3.05, 3.63) is 59.1 Å². The number of anilines is 1. The minimum atomic E-state index is 0.562. The number of hydrogen-bond acceptors (Lipinski definition) is 4. The molecule has 23 heavy (non-hydrogen) atoms. The minimum Gasteiger partial charge on any atom is -0.383 e. The van der Waals surface area contributed by atoms with E-state index in [1.165, 1.54) is 0 Å². The summed E-state index contributed by atoms with van der Waals surface area (Å²) in [4.78, 5) is 4.68. The molecular weight excluding hydrogens is 328 g/mol. The Labute approximate surface area is 142 Å². The number of nitrogen functional groups attached to an aromatic ring is 1. The molecule has 2 aromatic heterocycles. The largest absolute Gasteiger partial charge is 0.383 e. The zero-order valence-corrected chi connectivity index (χ0v) is 13.9. The summed E-state index contributed by atoms with van der Waals surface area (Å²) in [5.74, 6) is 0.562. The van der Waals surface area contributed by atoms with Gasteiger partial charge in [-0.25, -0.2) is 4.98 Å². The van der Waals surface area contributed by atoms with Gasteiger partial charge in [0, 0.05) is 16.7 Å². The van der Waals surface area contributed by atoms with Crippen LogP contribution in [0.4, 0.5) is 5.82 Å². The number of fused-ring (bicyclic) bond motifs is 1. The van der Waals surface area contributed by atoms with Crippen molar-refractivity contribution in [2.75, 3.05) is 5.73 Å². The molecule has 0 radical (unpaired) electrons. The predicted octanol–water partition coefficient (Wildman–Crippen LogP) is 4.69. The average molecular weight is 341 g/mol. The van der Waals surface area contributed by atoms with E-state index in [0.29, 0.717) is 10.8 Å². The van der Waals surface area contributed by atoms with Gasteiger partial charge in [-0.05, 0) is 30.7 Å². The molecule has 114 valence electrons. The second-order valence-electron chi connectivity index (χ2n) is 5.29. The van der Waals surface area contributed by atoms with E-state index in [1.807, 2.05) is 36.4 Å². The number of rotatable bonds is 2. The zero-order chi connectivity index (χ0) is 16.0. The van der Waals surface area contributed by atoms with Gasteiger partial charge in [0.1, 0.15) is 5.82 Å². The molecule has 2 heterocycles. The normalized spacial score (nSPS) is 11.2. The van der Waals surface area contributed by atoms with Crippen LogP contribution in [0.2, 0.25) is 5.02 Å². The molecule has 0 unspecified atom stereocenters. The summed E-state index contributed by atoms with van der Waals surface area (Å²) in [6.07, 6.45) is 0. The lowest BCUT2D eigenvalue weighted by atomic mass is 10.1. The Morgan fingerprint density at radius 1 is 1.13 bits per heavy atom. The maximum Gasteiger partial charge on any atom is 0.213 e. The molecular formula is C17H13ClN4S. The number of nitrogens with zero attached hydrogens (tertiary/aromatic N) is 3. The summed E-state index contributed by atoms with van der Waals surface area (Å²) < 4.78 is 2.82. The summed E-state index contributed by atoms with van der Waals surface area (Å²) in [7, 11) is 0. The van der Waals surface area contributed by atoms with Crippen LogP contribution in [0.1, 0.15) is 5.56 Å². The van der Waals surface area contributed by atoms with Crippen LogP contribution in [0, 0.1) is 6.92 Å². The van der Waals surface area contributed by atoms with Gasteiger partial charge in [0.15, 0.2) is 0 Å². The lowest BCUT2D eigenvalue weighted by Gasteiger charge is -1.98. The first-order chi connectivity index (χ1) is 11.1. The van der Waals surface area contributed by atoms with Gasteiger partial charge in [-0.1, -0.05) is 47.2 Å². The fourth-order valence-electron chi connectivity index (χ4n) is 2.48. The molecule has 4 nitrogen and oxygen atoms in total. The van der Waals surface area contributed by atoms with Crippen molar-refractivity contribution in [1.29, 1.82) is 0 Å². The number of nitrogens with two attached hydrogens (primary N) is 1. The number of hydrogen-bond donors (Lipinski definition) is 1. The molecule has 0 fully saturated rings. The molecule has 4 rings (SSSR count). The monoisotopic (exact) mass is 340 g/mol. The average Bonchev–Trinajstić information content (AvgIpc) is 3.12. The van der Waals surface area contributed by atoms with E-state index in [1.54, 1.807) is 16.0 Å². The second kappa shape index (κ2) is 5.37. The van der Waals surface area contributed by atoms with Crippen molar-refractivity contribution in [2.45, 2.75) is 6.92 Å². The van der Waals surface area contributed by atoms with E-state index in [9.17, 15) is 0 Å². The van der Waals surface area contributed by atoms with E-state index in [2.05, 4.69) is 29.1 Å². The fraction of sp³-hybridized carbons (Fsp3) is 0.0588. The highest BCUT2D eigenvalue weighted by Gasteiger charge is 2.13. The van der Waals surface area contributed by atoms with Crippen LogP contribution in [-0.2, 0) is 0 Å². The second-order valence-corrected chi connectivity index (χ2v) is 6.74. The quantitative estimate of drug-likeness (QED) is 0.575. The molecule has 0 bridgehead atoms. The van der Waals surface area contributed by atoms with E-state index in [-0.39, 0.29) is 0 Å². The predicted molar refractivity (Wildman–Crippen MR) is 96.3 cm³/mol. The number of halogens is 1. The summed E-state index contributed by atoms with van der Waals surface area (Å²) in [5.41, 5.74) is 10.1. The zero-order valence-electron chi connectivity index (χ0n) is 12.3. The van der Waals surface area contributed by atoms with Crippen LogP contribution in [0.5, 0.6) is 0 Å². The van der Waals surface area contributed by atoms with Gasteiger partial charge in [0.25, 0.3) is 0 Å². The Balaban J connectivity index is 1.82. The molecule has 0 aliphatic heterocycles. The molecule has 0 saturated carbocycles. The van der Waals surface area contributed by atoms with Crippen molar-refractivity contribution >= 4 is 39.0 Å². The van der Waals surface area contributed by atoms with E-state index >= 15 is 0 Å². The van der Waals surface area contributed by atoms with Gasteiger partial charge < -0.3 is 5.73 Å². The Morgan fingerprint density at radius 2 is 1.91 bits per heavy atom. The Hall–Kier alpha value is -2.37. The standard InChI is InChI=1S/C17H13ClN4S/c1-10-3-2-4-14-16(10)20-17(23-14)22-15(19)9-13(21-22)11-5-7-12(18)8-6-11/h2-9H,19H2,1H3. The van der Waals surface area contributed by atoms with E-state index in [4.69, 9.17) is 17.3 Å². The molecule has 0 amide bonds. The van der Waals surface area contributed by atoms with Crippen LogP contribution < -0.4 is 5.73 Å². The number of para-hydroxylation sites is 1. The van der Waals surface area contributed by atoms with Crippen molar-refractivity contribution in [3.63, 3.8) is 0 Å². The van der Waals surface area contributed by atoms with E-state index in [0.717, 1.165) is 32.2 Å². The number of aromatic nitrogens is 3. The number of aryl methyl sites for hydroxylation is 1. The molecule has 6 heteroatoms. The molecule has 0 aliphatic carbocycles. The summed E-state index contributed by atoms with van der Waals surface area (Å²) in [5, 5.41) is 6.07. The van der Waals surface area contributed by atoms with Gasteiger partial charge in [-0.3, -0.25) is 0 Å². The van der Waals surface area contributed by atoms with Gasteiger partial charge in [-0.15, -0.1) is 0 Å². The highest BCUT2D eigenvalue weighted by molar-refractivity contribution is 7.20. The van der Waals surface area contributed by atoms with Gasteiger partial charge in [0.05, 0.1) is 15.9 Å². The highest BCUT2D eigenvalue weighted by Crippen LogP contribution is 2.30. The van der Waals surface area contributed by atoms with Gasteiger partial charge >= 0.3 is 0 Å². The first-order valence-electron chi connectivity index (χ1n) is 7.10. The van der Waals surface area contributed by atoms with Crippen molar-refractivity contribution in [2.24, 2.45) is 0 Å². The SMILES string of the molecule is Cc1cccc2sc(-n3nc(-c4ccc(Cl)cc4)cc3N)nc12. The van der Waals surface area contributed by atoms with Crippen LogP contribution in [0.15, 0.2) is 48.5 Å². The smallest absolute Gasteiger partial charge is 0.213 e. The molecule has 0 aliphatic rings. The van der Waals surface area contributed by atoms with Gasteiger partial charge in [-0.2, -0.15) is 9.78 Å². The van der Waals surface area contributed by atoms with Gasteiger partial charge in [0.2, 0.25) is 5.13 Å². The topological polar surface area (TPSA) is 56.7 Å². The van der Waals surface area contributed by atoms with Crippen molar-refractivity contribution in [1.82, 2.24) is 14.8 Å². The van der Waals surface area contributed by atoms with Crippen LogP contribution in [0.25, 0.3) is 26.6 Å². The minimum absolute atomic E-state index is 0.562. The molecule has 2 N–H and O–H groups in total. The Kier molecular flexibility index (Phi) is 3.32. The maximum absolute atomic E-state index is 6.14. The third-order valence-corrected chi connectivity index (χ3v) is 4.92. The lowest BCUT2D eigenvalue weighted by Crippen LogP contribution is -2.00. The number of thiazole rings is 1. The van der Waals surface area contributed by atoms with Crippen LogP contribution in [-0.4, -0.2) is 14.8 Å². The molecule has 0 spiro atoms. The number of benzene rings is 2. The Bertz CT molecular complexity index is 1000. The first-order valence-corrected chi connectivity index (χ1v) is 8.29. The maximum atomic E-state index is 6.14. The summed E-state index contributed by atoms with van der Waals surface area (Å²) in [6, 6.07) is 15.5. The van der Waals surface area contributed by atoms with Crippen molar-refractivity contribution in [3.8, 4) is 16.4 Å². The lowest BCUT2D eigenvalue weighted by molar-refractivity contribution is 0.887.